The molecule has 0 saturated heterocycles. The number of amidine groups is 1. The summed E-state index contributed by atoms with van der Waals surface area (Å²) in [6.07, 6.45) is 0. The van der Waals surface area contributed by atoms with Gasteiger partial charge in [0, 0.05) is 5.02 Å². The normalized spacial score (nSPS) is 11.4. The predicted octanol–water partition coefficient (Wildman–Crippen LogP) is 3.15. The first-order chi connectivity index (χ1) is 9.61. The lowest BCUT2D eigenvalue weighted by atomic mass is 10.1. The van der Waals surface area contributed by atoms with E-state index in [1.165, 1.54) is 12.1 Å². The molecule has 0 heterocycles. The summed E-state index contributed by atoms with van der Waals surface area (Å²) in [6, 6.07) is 11.3. The minimum Gasteiger partial charge on any atom is -0.488 e. The third kappa shape index (κ3) is 3.19. The smallest absolute Gasteiger partial charge is 0.176 e. The van der Waals surface area contributed by atoms with Crippen molar-refractivity contribution in [2.45, 2.75) is 6.61 Å². The van der Waals surface area contributed by atoms with Crippen LogP contribution in [0.3, 0.4) is 0 Å². The summed E-state index contributed by atoms with van der Waals surface area (Å²) in [6.45, 7) is 0.190. The van der Waals surface area contributed by atoms with E-state index in [0.717, 1.165) is 5.56 Å². The Bertz CT molecular complexity index is 647. The van der Waals surface area contributed by atoms with E-state index in [1.54, 1.807) is 24.3 Å². The molecule has 0 atom stereocenters. The Labute approximate surface area is 120 Å². The quantitative estimate of drug-likeness (QED) is 0.394. The number of hydrogen-bond donors (Lipinski definition) is 2. The van der Waals surface area contributed by atoms with Crippen molar-refractivity contribution < 1.29 is 14.3 Å². The van der Waals surface area contributed by atoms with Crippen LogP contribution in [0.1, 0.15) is 11.1 Å². The number of halogens is 2. The van der Waals surface area contributed by atoms with E-state index >= 15 is 0 Å². The Morgan fingerprint density at radius 1 is 1.30 bits per heavy atom. The molecule has 0 bridgehead atoms. The van der Waals surface area contributed by atoms with Crippen molar-refractivity contribution in [3.8, 4) is 5.75 Å². The van der Waals surface area contributed by atoms with E-state index in [4.69, 9.17) is 27.3 Å². The summed E-state index contributed by atoms with van der Waals surface area (Å²) in [5, 5.41) is 12.1. The number of ether oxygens (including phenoxy) is 1. The van der Waals surface area contributed by atoms with Crippen LogP contribution < -0.4 is 10.5 Å². The van der Waals surface area contributed by atoms with Crippen LogP contribution in [0.2, 0.25) is 5.02 Å². The molecule has 0 aliphatic rings. The largest absolute Gasteiger partial charge is 0.488 e. The van der Waals surface area contributed by atoms with Crippen molar-refractivity contribution in [1.29, 1.82) is 0 Å². The van der Waals surface area contributed by atoms with Gasteiger partial charge in [0.1, 0.15) is 18.2 Å². The van der Waals surface area contributed by atoms with Crippen LogP contribution in [0.25, 0.3) is 0 Å². The molecule has 4 nitrogen and oxygen atoms in total. The van der Waals surface area contributed by atoms with Gasteiger partial charge in [-0.25, -0.2) is 4.39 Å². The molecule has 0 aromatic heterocycles. The van der Waals surface area contributed by atoms with Gasteiger partial charge in [-0.1, -0.05) is 35.0 Å². The van der Waals surface area contributed by atoms with Crippen molar-refractivity contribution in [3.63, 3.8) is 0 Å². The van der Waals surface area contributed by atoms with Crippen molar-refractivity contribution in [1.82, 2.24) is 0 Å². The summed E-state index contributed by atoms with van der Waals surface area (Å²) in [5.74, 6) is -0.770. The third-order valence-electron chi connectivity index (χ3n) is 2.62. The third-order valence-corrected chi connectivity index (χ3v) is 2.86. The van der Waals surface area contributed by atoms with Gasteiger partial charge < -0.3 is 15.7 Å². The summed E-state index contributed by atoms with van der Waals surface area (Å²) < 4.78 is 19.2. The molecule has 20 heavy (non-hydrogen) atoms. The Kier molecular flexibility index (Phi) is 4.42. The molecule has 6 heteroatoms. The molecule has 2 aromatic carbocycles. The second-order valence-corrected chi connectivity index (χ2v) is 4.45. The van der Waals surface area contributed by atoms with Gasteiger partial charge in [0.05, 0.1) is 5.56 Å². The second kappa shape index (κ2) is 6.25. The van der Waals surface area contributed by atoms with Gasteiger partial charge in [-0.3, -0.25) is 0 Å². The maximum absolute atomic E-state index is 13.7. The Morgan fingerprint density at radius 3 is 2.75 bits per heavy atom. The van der Waals surface area contributed by atoms with Crippen LogP contribution >= 0.6 is 11.6 Å². The number of hydrogen-bond acceptors (Lipinski definition) is 3. The Morgan fingerprint density at radius 2 is 2.05 bits per heavy atom. The lowest BCUT2D eigenvalue weighted by Crippen LogP contribution is -2.17. The molecule has 0 unspecified atom stereocenters. The van der Waals surface area contributed by atoms with Crippen LogP contribution in [0.15, 0.2) is 47.6 Å². The average Bonchev–Trinajstić information content (AvgIpc) is 2.44. The Balaban J connectivity index is 2.24. The molecule has 0 aliphatic heterocycles. The fourth-order valence-corrected chi connectivity index (χ4v) is 1.92. The molecule has 0 spiro atoms. The Hall–Kier alpha value is -2.27. The molecule has 0 fully saturated rings. The summed E-state index contributed by atoms with van der Waals surface area (Å²) in [7, 11) is 0. The van der Waals surface area contributed by atoms with Crippen molar-refractivity contribution >= 4 is 17.4 Å². The molecule has 0 saturated carbocycles. The highest BCUT2D eigenvalue weighted by molar-refractivity contribution is 6.30. The number of nitrogens with two attached hydrogens (primary N) is 1. The minimum absolute atomic E-state index is 0.0722. The van der Waals surface area contributed by atoms with Crippen LogP contribution in [0, 0.1) is 5.82 Å². The molecule has 0 aliphatic carbocycles. The van der Waals surface area contributed by atoms with Gasteiger partial charge in [-0.15, -0.1) is 0 Å². The van der Waals surface area contributed by atoms with Gasteiger partial charge in [-0.2, -0.15) is 0 Å². The van der Waals surface area contributed by atoms with E-state index in [9.17, 15) is 4.39 Å². The van der Waals surface area contributed by atoms with E-state index < -0.39 is 5.82 Å². The lowest BCUT2D eigenvalue weighted by Gasteiger charge is -2.11. The van der Waals surface area contributed by atoms with E-state index in [1.807, 2.05) is 6.07 Å². The van der Waals surface area contributed by atoms with Crippen molar-refractivity contribution in [2.24, 2.45) is 10.9 Å². The highest BCUT2D eigenvalue weighted by atomic mass is 35.5. The van der Waals surface area contributed by atoms with Crippen molar-refractivity contribution in [3.05, 3.63) is 64.4 Å². The standard InChI is InChI=1S/C14H12ClFN2O2/c15-10-4-1-3-9(7-10)8-20-12-6-2-5-11(16)13(12)14(17)18-19/h1-7,19H,8H2,(H2,17,18). The highest BCUT2D eigenvalue weighted by Crippen LogP contribution is 2.23. The highest BCUT2D eigenvalue weighted by Gasteiger charge is 2.14. The predicted molar refractivity (Wildman–Crippen MR) is 74.7 cm³/mol. The average molecular weight is 295 g/mol. The zero-order chi connectivity index (χ0) is 14.5. The molecular formula is C14H12ClFN2O2. The van der Waals surface area contributed by atoms with E-state index in [2.05, 4.69) is 5.16 Å². The minimum atomic E-state index is -0.621. The topological polar surface area (TPSA) is 67.8 Å². The molecule has 3 N–H and O–H groups in total. The van der Waals surface area contributed by atoms with E-state index in [0.29, 0.717) is 5.02 Å². The first-order valence-corrected chi connectivity index (χ1v) is 6.13. The SMILES string of the molecule is NC(=NO)c1c(F)cccc1OCc1cccc(Cl)c1. The first-order valence-electron chi connectivity index (χ1n) is 5.75. The zero-order valence-corrected chi connectivity index (χ0v) is 11.1. The van der Waals surface area contributed by atoms with Gasteiger partial charge in [0.25, 0.3) is 0 Å². The molecule has 104 valence electrons. The maximum Gasteiger partial charge on any atom is 0.176 e. The van der Waals surface area contributed by atoms with Crippen molar-refractivity contribution in [2.75, 3.05) is 0 Å². The maximum atomic E-state index is 13.7. The van der Waals surface area contributed by atoms with Crippen LogP contribution in [-0.2, 0) is 6.61 Å². The zero-order valence-electron chi connectivity index (χ0n) is 10.4. The van der Waals surface area contributed by atoms with Crippen LogP contribution in [-0.4, -0.2) is 11.0 Å². The summed E-state index contributed by atoms with van der Waals surface area (Å²) in [5.41, 5.74) is 6.20. The van der Waals surface area contributed by atoms with E-state index in [-0.39, 0.29) is 23.8 Å². The van der Waals surface area contributed by atoms with Gasteiger partial charge in [0.15, 0.2) is 5.84 Å². The second-order valence-electron chi connectivity index (χ2n) is 4.02. The monoisotopic (exact) mass is 294 g/mol. The van der Waals surface area contributed by atoms with Crippen LogP contribution in [0.5, 0.6) is 5.75 Å². The van der Waals surface area contributed by atoms with Crippen LogP contribution in [0.4, 0.5) is 4.39 Å². The molecule has 2 rings (SSSR count). The molecular weight excluding hydrogens is 283 g/mol. The fourth-order valence-electron chi connectivity index (χ4n) is 1.71. The molecule has 0 amide bonds. The first kappa shape index (κ1) is 14.1. The number of nitrogens with zero attached hydrogens (tertiary/aromatic N) is 1. The molecule has 2 aromatic rings. The van der Waals surface area contributed by atoms with Gasteiger partial charge >= 0.3 is 0 Å². The number of oxime groups is 1. The number of benzene rings is 2. The van der Waals surface area contributed by atoms with Gasteiger partial charge in [0.2, 0.25) is 0 Å². The summed E-state index contributed by atoms with van der Waals surface area (Å²) >= 11 is 5.87. The lowest BCUT2D eigenvalue weighted by molar-refractivity contribution is 0.301. The number of rotatable bonds is 4. The molecule has 0 radical (unpaired) electrons. The van der Waals surface area contributed by atoms with Gasteiger partial charge in [-0.05, 0) is 29.8 Å². The summed E-state index contributed by atoms with van der Waals surface area (Å²) in [4.78, 5) is 0. The fraction of sp³-hybridized carbons (Fsp3) is 0.0714.